The number of amidine groups is 1. The molecule has 1 saturated heterocycles. The molecule has 0 radical (unpaired) electrons. The number of hydrogen-bond acceptors (Lipinski definition) is 6. The number of nitrogens with zero attached hydrogens (tertiary/aromatic N) is 3. The number of carbonyl (C=O) groups is 1. The molecule has 1 aliphatic rings. The highest BCUT2D eigenvalue weighted by atomic mass is 32.2. The molecule has 0 bridgehead atoms. The number of furan rings is 1. The maximum atomic E-state index is 13.5. The van der Waals surface area contributed by atoms with Crippen molar-refractivity contribution in [3.63, 3.8) is 0 Å². The summed E-state index contributed by atoms with van der Waals surface area (Å²) in [6, 6.07) is 25.2. The molecule has 3 aromatic carbocycles. The van der Waals surface area contributed by atoms with Gasteiger partial charge in [0, 0.05) is 23.8 Å². The summed E-state index contributed by atoms with van der Waals surface area (Å²) >= 11 is 1.28. The van der Waals surface area contributed by atoms with Crippen LogP contribution in [0.1, 0.15) is 16.9 Å². The molecule has 1 amide bonds. The highest BCUT2D eigenvalue weighted by molar-refractivity contribution is 8.19. The number of anilines is 1. The van der Waals surface area contributed by atoms with E-state index < -0.39 is 4.92 Å². The largest absolute Gasteiger partial charge is 0.457 e. The van der Waals surface area contributed by atoms with E-state index in [0.29, 0.717) is 27.2 Å². The standard InChI is InChI=1S/C28H21N3O4S/c1-18-3-9-21(10-4-18)29-28-30(22-11-5-19(2)6-12-22)27(32)26(36-28)17-24-15-16-25(35-24)20-7-13-23(14-8-20)31(33)34/h3-17H,1-2H3/b26-17+,29-28?. The zero-order valence-corrected chi connectivity index (χ0v) is 20.4. The molecule has 5 rings (SSSR count). The Kier molecular flexibility index (Phi) is 6.26. The Morgan fingerprint density at radius 3 is 2.17 bits per heavy atom. The van der Waals surface area contributed by atoms with E-state index in [1.54, 1.807) is 35.2 Å². The van der Waals surface area contributed by atoms with Gasteiger partial charge in [-0.25, -0.2) is 4.99 Å². The number of thioether (sulfide) groups is 1. The van der Waals surface area contributed by atoms with Crippen LogP contribution in [0.4, 0.5) is 17.1 Å². The van der Waals surface area contributed by atoms with Gasteiger partial charge in [-0.1, -0.05) is 35.4 Å². The van der Waals surface area contributed by atoms with Crippen LogP contribution in [0.15, 0.2) is 99.2 Å². The van der Waals surface area contributed by atoms with E-state index in [1.165, 1.54) is 23.9 Å². The lowest BCUT2D eigenvalue weighted by Crippen LogP contribution is -2.28. The van der Waals surface area contributed by atoms with E-state index in [1.807, 2.05) is 62.4 Å². The Morgan fingerprint density at radius 1 is 0.889 bits per heavy atom. The zero-order valence-electron chi connectivity index (χ0n) is 19.5. The number of aliphatic imine (C=N–C) groups is 1. The highest BCUT2D eigenvalue weighted by Gasteiger charge is 2.35. The molecule has 8 heteroatoms. The first-order valence-electron chi connectivity index (χ1n) is 11.2. The lowest BCUT2D eigenvalue weighted by Gasteiger charge is -2.16. The molecule has 0 N–H and O–H groups in total. The number of non-ortho nitro benzene ring substituents is 1. The number of hydrogen-bond donors (Lipinski definition) is 0. The number of nitro groups is 1. The fraction of sp³-hybridized carbons (Fsp3) is 0.0714. The first-order valence-corrected chi connectivity index (χ1v) is 12.0. The van der Waals surface area contributed by atoms with Gasteiger partial charge < -0.3 is 4.42 Å². The van der Waals surface area contributed by atoms with E-state index in [-0.39, 0.29) is 11.6 Å². The normalized spacial score (nSPS) is 15.7. The Bertz CT molecular complexity index is 1500. The fourth-order valence-electron chi connectivity index (χ4n) is 3.66. The van der Waals surface area contributed by atoms with Crippen LogP contribution >= 0.6 is 11.8 Å². The second-order valence-electron chi connectivity index (χ2n) is 8.32. The number of amides is 1. The van der Waals surface area contributed by atoms with Crippen LogP contribution in [0.5, 0.6) is 0 Å². The van der Waals surface area contributed by atoms with E-state index in [0.717, 1.165) is 22.5 Å². The Labute approximate surface area is 211 Å². The fourth-order valence-corrected chi connectivity index (χ4v) is 4.64. The van der Waals surface area contributed by atoms with Gasteiger partial charge in [-0.3, -0.25) is 19.8 Å². The summed E-state index contributed by atoms with van der Waals surface area (Å²) in [6.07, 6.45) is 1.70. The summed E-state index contributed by atoms with van der Waals surface area (Å²) in [6.45, 7) is 4.01. The number of benzene rings is 3. The Hall–Kier alpha value is -4.43. The SMILES string of the molecule is Cc1ccc(N=C2S/C(=C/c3ccc(-c4ccc([N+](=O)[O-])cc4)o3)C(=O)N2c2ccc(C)cc2)cc1. The van der Waals surface area contributed by atoms with Gasteiger partial charge in [0.05, 0.1) is 21.2 Å². The summed E-state index contributed by atoms with van der Waals surface area (Å²) in [4.78, 5) is 30.8. The Morgan fingerprint density at radius 2 is 1.53 bits per heavy atom. The molecule has 7 nitrogen and oxygen atoms in total. The van der Waals surface area contributed by atoms with Gasteiger partial charge in [0.15, 0.2) is 5.17 Å². The molecule has 0 unspecified atom stereocenters. The van der Waals surface area contributed by atoms with Gasteiger partial charge in [0.2, 0.25) is 0 Å². The first kappa shape index (κ1) is 23.3. The predicted molar refractivity (Wildman–Crippen MR) is 143 cm³/mol. The van der Waals surface area contributed by atoms with Gasteiger partial charge >= 0.3 is 0 Å². The van der Waals surface area contributed by atoms with Crippen molar-refractivity contribution in [2.75, 3.05) is 4.90 Å². The topological polar surface area (TPSA) is 89.0 Å². The van der Waals surface area contributed by atoms with E-state index >= 15 is 0 Å². The predicted octanol–water partition coefficient (Wildman–Crippen LogP) is 7.28. The van der Waals surface area contributed by atoms with Gasteiger partial charge in [-0.15, -0.1) is 0 Å². The lowest BCUT2D eigenvalue weighted by atomic mass is 10.1. The van der Waals surface area contributed by atoms with Crippen LogP contribution in [-0.4, -0.2) is 16.0 Å². The van der Waals surface area contributed by atoms with Crippen LogP contribution in [0.2, 0.25) is 0 Å². The van der Waals surface area contributed by atoms with Crippen molar-refractivity contribution >= 4 is 46.0 Å². The van der Waals surface area contributed by atoms with Crippen molar-refractivity contribution < 1.29 is 14.1 Å². The quantitative estimate of drug-likeness (QED) is 0.165. The minimum atomic E-state index is -0.444. The molecule has 1 aromatic heterocycles. The smallest absolute Gasteiger partial charge is 0.271 e. The van der Waals surface area contributed by atoms with Crippen LogP contribution in [0.3, 0.4) is 0 Å². The molecule has 4 aromatic rings. The second kappa shape index (κ2) is 9.67. The molecular formula is C28H21N3O4S. The third kappa shape index (κ3) is 4.85. The molecule has 0 atom stereocenters. The van der Waals surface area contributed by atoms with E-state index in [2.05, 4.69) is 0 Å². The lowest BCUT2D eigenvalue weighted by molar-refractivity contribution is -0.384. The molecule has 2 heterocycles. The van der Waals surface area contributed by atoms with Crippen molar-refractivity contribution in [1.29, 1.82) is 0 Å². The zero-order chi connectivity index (χ0) is 25.2. The molecule has 0 saturated carbocycles. The average molecular weight is 496 g/mol. The summed E-state index contributed by atoms with van der Waals surface area (Å²) in [5, 5.41) is 11.5. The Balaban J connectivity index is 1.48. The average Bonchev–Trinajstić information content (AvgIpc) is 3.46. The molecular weight excluding hydrogens is 474 g/mol. The van der Waals surface area contributed by atoms with Crippen molar-refractivity contribution in [1.82, 2.24) is 0 Å². The number of aryl methyl sites for hydroxylation is 2. The number of carbonyl (C=O) groups excluding carboxylic acids is 1. The minimum absolute atomic E-state index is 0.0113. The van der Waals surface area contributed by atoms with Crippen molar-refractivity contribution in [3.05, 3.63) is 117 Å². The highest BCUT2D eigenvalue weighted by Crippen LogP contribution is 2.38. The van der Waals surface area contributed by atoms with Gasteiger partial charge in [-0.2, -0.15) is 0 Å². The molecule has 1 aliphatic heterocycles. The van der Waals surface area contributed by atoms with Crippen molar-refractivity contribution in [3.8, 4) is 11.3 Å². The first-order chi connectivity index (χ1) is 17.4. The summed E-state index contributed by atoms with van der Waals surface area (Å²) in [5.41, 5.74) is 4.44. The van der Waals surface area contributed by atoms with Gasteiger partial charge in [0.1, 0.15) is 11.5 Å². The minimum Gasteiger partial charge on any atom is -0.457 e. The van der Waals surface area contributed by atoms with Crippen LogP contribution in [0, 0.1) is 24.0 Å². The second-order valence-corrected chi connectivity index (χ2v) is 9.33. The van der Waals surface area contributed by atoms with Crippen molar-refractivity contribution in [2.45, 2.75) is 13.8 Å². The van der Waals surface area contributed by atoms with Crippen LogP contribution in [-0.2, 0) is 4.79 Å². The third-order valence-electron chi connectivity index (χ3n) is 5.62. The van der Waals surface area contributed by atoms with Crippen LogP contribution < -0.4 is 4.90 Å². The third-order valence-corrected chi connectivity index (χ3v) is 6.59. The van der Waals surface area contributed by atoms with E-state index in [9.17, 15) is 14.9 Å². The molecule has 36 heavy (non-hydrogen) atoms. The maximum absolute atomic E-state index is 13.5. The summed E-state index contributed by atoms with van der Waals surface area (Å²) in [7, 11) is 0. The monoisotopic (exact) mass is 495 g/mol. The van der Waals surface area contributed by atoms with Gasteiger partial charge in [0.25, 0.3) is 11.6 Å². The maximum Gasteiger partial charge on any atom is 0.271 e. The number of nitro benzene ring substituents is 1. The molecule has 0 aliphatic carbocycles. The molecule has 178 valence electrons. The van der Waals surface area contributed by atoms with E-state index in [4.69, 9.17) is 9.41 Å². The summed E-state index contributed by atoms with van der Waals surface area (Å²) < 4.78 is 5.93. The molecule has 0 spiro atoms. The number of rotatable bonds is 5. The van der Waals surface area contributed by atoms with Crippen LogP contribution in [0.25, 0.3) is 17.4 Å². The van der Waals surface area contributed by atoms with Crippen molar-refractivity contribution in [2.24, 2.45) is 4.99 Å². The summed E-state index contributed by atoms with van der Waals surface area (Å²) in [5.74, 6) is 0.860. The van der Waals surface area contributed by atoms with Gasteiger partial charge in [-0.05, 0) is 74.1 Å². The molecule has 1 fully saturated rings.